The fourth-order valence-electron chi connectivity index (χ4n) is 0.805. The zero-order chi connectivity index (χ0) is 10.0. The first-order valence-corrected chi connectivity index (χ1v) is 4.39. The van der Waals surface area contributed by atoms with Gasteiger partial charge in [-0.3, -0.25) is 4.79 Å². The summed E-state index contributed by atoms with van der Waals surface area (Å²) < 4.78 is 29.4. The van der Waals surface area contributed by atoms with E-state index in [0.717, 1.165) is 6.07 Å². The molecule has 0 spiro atoms. The molecule has 1 rings (SSSR count). The van der Waals surface area contributed by atoms with Gasteiger partial charge in [-0.05, 0) is 22.6 Å². The largest absolute Gasteiger partial charge is 0.495 e. The number of aromatic nitrogens is 1. The summed E-state index contributed by atoms with van der Waals surface area (Å²) in [6, 6.07) is 1.12. The molecule has 0 saturated heterocycles. The van der Waals surface area contributed by atoms with Crippen LogP contribution >= 0.6 is 22.6 Å². The van der Waals surface area contributed by atoms with Gasteiger partial charge in [0.25, 0.3) is 12.0 Å². The van der Waals surface area contributed by atoms with Crippen LogP contribution in [0.4, 0.5) is 8.78 Å². The Balaban J connectivity index is 3.31. The standard InChI is InChI=1S/C7H6F2INO2/c1-13-4-2-3(6(8)9)11-7(12)5(4)10/h2,6H,1H3,(H,11,12). The third-order valence-corrected chi connectivity index (χ3v) is 2.44. The molecule has 1 heterocycles. The molecule has 1 aromatic heterocycles. The Hall–Kier alpha value is -0.660. The SMILES string of the molecule is COc1cc(C(F)F)[nH]c(=O)c1I. The number of ether oxygens (including phenoxy) is 1. The van der Waals surface area contributed by atoms with Crippen LogP contribution in [0.5, 0.6) is 5.75 Å². The molecule has 0 bridgehead atoms. The van der Waals surface area contributed by atoms with Crippen molar-refractivity contribution in [3.05, 3.63) is 25.7 Å². The van der Waals surface area contributed by atoms with Gasteiger partial charge in [-0.25, -0.2) is 8.78 Å². The molecule has 0 aliphatic rings. The van der Waals surface area contributed by atoms with Crippen LogP contribution in [-0.4, -0.2) is 12.1 Å². The Bertz CT molecular complexity index is 364. The third-order valence-electron chi connectivity index (χ3n) is 1.42. The number of aromatic amines is 1. The van der Waals surface area contributed by atoms with Crippen LogP contribution in [0.1, 0.15) is 12.1 Å². The van der Waals surface area contributed by atoms with Crippen molar-refractivity contribution in [2.45, 2.75) is 6.43 Å². The summed E-state index contributed by atoms with van der Waals surface area (Å²) in [6.07, 6.45) is -2.70. The van der Waals surface area contributed by atoms with Crippen molar-refractivity contribution in [2.24, 2.45) is 0 Å². The van der Waals surface area contributed by atoms with E-state index in [1.807, 2.05) is 0 Å². The van der Waals surface area contributed by atoms with E-state index in [1.165, 1.54) is 7.11 Å². The second-order valence-electron chi connectivity index (χ2n) is 2.24. The minimum Gasteiger partial charge on any atom is -0.495 e. The molecule has 0 atom stereocenters. The Labute approximate surface area is 86.2 Å². The fourth-order valence-corrected chi connectivity index (χ4v) is 1.32. The van der Waals surface area contributed by atoms with Crippen LogP contribution < -0.4 is 10.3 Å². The minimum absolute atomic E-state index is 0.166. The van der Waals surface area contributed by atoms with Gasteiger partial charge in [0, 0.05) is 6.07 Å². The van der Waals surface area contributed by atoms with Gasteiger partial charge in [0.2, 0.25) is 0 Å². The van der Waals surface area contributed by atoms with Gasteiger partial charge < -0.3 is 9.72 Å². The second-order valence-corrected chi connectivity index (χ2v) is 3.32. The molecule has 1 N–H and O–H groups in total. The van der Waals surface area contributed by atoms with Crippen molar-refractivity contribution in [1.29, 1.82) is 0 Å². The Kier molecular flexibility index (Phi) is 3.23. The van der Waals surface area contributed by atoms with Crippen molar-refractivity contribution < 1.29 is 13.5 Å². The van der Waals surface area contributed by atoms with Gasteiger partial charge in [0.15, 0.2) is 0 Å². The summed E-state index contributed by atoms with van der Waals surface area (Å²) >= 11 is 1.73. The maximum atomic E-state index is 12.2. The van der Waals surface area contributed by atoms with E-state index in [0.29, 0.717) is 0 Å². The molecule has 13 heavy (non-hydrogen) atoms. The molecule has 0 fully saturated rings. The van der Waals surface area contributed by atoms with Crippen molar-refractivity contribution >= 4 is 22.6 Å². The predicted octanol–water partition coefficient (Wildman–Crippen LogP) is 1.93. The molecule has 3 nitrogen and oxygen atoms in total. The molecule has 6 heteroatoms. The summed E-state index contributed by atoms with van der Waals surface area (Å²) in [6.45, 7) is 0. The van der Waals surface area contributed by atoms with E-state index in [4.69, 9.17) is 4.74 Å². The van der Waals surface area contributed by atoms with E-state index in [9.17, 15) is 13.6 Å². The van der Waals surface area contributed by atoms with Crippen LogP contribution in [0, 0.1) is 3.57 Å². The van der Waals surface area contributed by atoms with E-state index >= 15 is 0 Å². The maximum Gasteiger partial charge on any atom is 0.278 e. The normalized spacial score (nSPS) is 10.5. The molecule has 72 valence electrons. The van der Waals surface area contributed by atoms with Gasteiger partial charge in [0.1, 0.15) is 9.32 Å². The first kappa shape index (κ1) is 10.4. The average Bonchev–Trinajstić information content (AvgIpc) is 2.09. The number of hydrogen-bond acceptors (Lipinski definition) is 2. The zero-order valence-electron chi connectivity index (χ0n) is 6.61. The lowest BCUT2D eigenvalue weighted by Gasteiger charge is -2.04. The summed E-state index contributed by atoms with van der Waals surface area (Å²) in [5, 5.41) is 0. The Morgan fingerprint density at radius 3 is 2.69 bits per heavy atom. The number of hydrogen-bond donors (Lipinski definition) is 1. The van der Waals surface area contributed by atoms with Gasteiger partial charge in [-0.1, -0.05) is 0 Å². The summed E-state index contributed by atoms with van der Waals surface area (Å²) in [5.74, 6) is 0.166. The van der Waals surface area contributed by atoms with E-state index in [2.05, 4.69) is 4.98 Å². The molecule has 0 aliphatic carbocycles. The lowest BCUT2D eigenvalue weighted by atomic mass is 10.3. The topological polar surface area (TPSA) is 42.1 Å². The number of H-pyrrole nitrogens is 1. The lowest BCUT2D eigenvalue weighted by molar-refractivity contribution is 0.145. The molecule has 0 saturated carbocycles. The lowest BCUT2D eigenvalue weighted by Crippen LogP contribution is -2.13. The summed E-state index contributed by atoms with van der Waals surface area (Å²) in [5.41, 5.74) is -0.988. The number of alkyl halides is 2. The number of pyridine rings is 1. The molecule has 0 aromatic carbocycles. The molecular weight excluding hydrogens is 295 g/mol. The molecule has 0 unspecified atom stereocenters. The van der Waals surface area contributed by atoms with Gasteiger partial charge in [-0.2, -0.15) is 0 Å². The smallest absolute Gasteiger partial charge is 0.278 e. The van der Waals surface area contributed by atoms with Crippen LogP contribution in [0.2, 0.25) is 0 Å². The van der Waals surface area contributed by atoms with Crippen LogP contribution in [0.25, 0.3) is 0 Å². The number of halogens is 3. The van der Waals surface area contributed by atoms with Crippen molar-refractivity contribution in [3.8, 4) is 5.75 Å². The Morgan fingerprint density at radius 1 is 1.62 bits per heavy atom. The number of nitrogens with one attached hydrogen (secondary N) is 1. The van der Waals surface area contributed by atoms with Gasteiger partial charge in [0.05, 0.1) is 12.8 Å². The van der Waals surface area contributed by atoms with Gasteiger partial charge >= 0.3 is 0 Å². The summed E-state index contributed by atoms with van der Waals surface area (Å²) in [7, 11) is 1.33. The highest BCUT2D eigenvalue weighted by Crippen LogP contribution is 2.22. The maximum absolute atomic E-state index is 12.2. The number of rotatable bonds is 2. The summed E-state index contributed by atoms with van der Waals surface area (Å²) in [4.78, 5) is 13.1. The minimum atomic E-state index is -2.70. The first-order chi connectivity index (χ1) is 6.06. The zero-order valence-corrected chi connectivity index (χ0v) is 8.76. The average molecular weight is 301 g/mol. The molecule has 0 radical (unpaired) electrons. The first-order valence-electron chi connectivity index (χ1n) is 3.31. The highest BCUT2D eigenvalue weighted by molar-refractivity contribution is 14.1. The second kappa shape index (κ2) is 4.03. The fraction of sp³-hybridized carbons (Fsp3) is 0.286. The van der Waals surface area contributed by atoms with Gasteiger partial charge in [-0.15, -0.1) is 0 Å². The molecular formula is C7H6F2INO2. The Morgan fingerprint density at radius 2 is 2.23 bits per heavy atom. The highest BCUT2D eigenvalue weighted by Gasteiger charge is 2.13. The number of methoxy groups -OCH3 is 1. The predicted molar refractivity (Wildman–Crippen MR) is 51.3 cm³/mol. The highest BCUT2D eigenvalue weighted by atomic mass is 127. The van der Waals surface area contributed by atoms with Crippen molar-refractivity contribution in [1.82, 2.24) is 4.98 Å². The quantitative estimate of drug-likeness (QED) is 0.848. The monoisotopic (exact) mass is 301 g/mol. The van der Waals surface area contributed by atoms with Crippen LogP contribution in [-0.2, 0) is 0 Å². The third kappa shape index (κ3) is 2.17. The van der Waals surface area contributed by atoms with E-state index < -0.39 is 17.7 Å². The molecule has 0 aliphatic heterocycles. The molecule has 1 aromatic rings. The molecule has 0 amide bonds. The van der Waals surface area contributed by atoms with E-state index in [-0.39, 0.29) is 9.32 Å². The van der Waals surface area contributed by atoms with Crippen molar-refractivity contribution in [3.63, 3.8) is 0 Å². The van der Waals surface area contributed by atoms with E-state index in [1.54, 1.807) is 22.6 Å². The van der Waals surface area contributed by atoms with Crippen LogP contribution in [0.15, 0.2) is 10.9 Å². The van der Waals surface area contributed by atoms with Crippen molar-refractivity contribution in [2.75, 3.05) is 7.11 Å². The van der Waals surface area contributed by atoms with Crippen LogP contribution in [0.3, 0.4) is 0 Å².